The minimum absolute atomic E-state index is 0.0113. The molecule has 0 radical (unpaired) electrons. The summed E-state index contributed by atoms with van der Waals surface area (Å²) < 4.78 is 43.7. The molecule has 0 fully saturated rings. The molecule has 0 spiro atoms. The fourth-order valence-corrected chi connectivity index (χ4v) is 4.11. The van der Waals surface area contributed by atoms with Gasteiger partial charge in [-0.1, -0.05) is 32.0 Å². The maximum Gasteiger partial charge on any atom is 0.416 e. The second kappa shape index (κ2) is 9.00. The molecule has 0 saturated heterocycles. The van der Waals surface area contributed by atoms with Crippen molar-refractivity contribution in [2.75, 3.05) is 0 Å². The summed E-state index contributed by atoms with van der Waals surface area (Å²) in [6, 6.07) is 11.0. The van der Waals surface area contributed by atoms with Crippen LogP contribution in [0, 0.1) is 13.5 Å². The number of halogens is 3. The third-order valence-corrected chi connectivity index (χ3v) is 6.01. The van der Waals surface area contributed by atoms with Gasteiger partial charge in [-0.2, -0.15) is 18.3 Å². The number of aromatic nitrogens is 4. The van der Waals surface area contributed by atoms with E-state index in [0.29, 0.717) is 17.1 Å². The van der Waals surface area contributed by atoms with Gasteiger partial charge in [0, 0.05) is 18.3 Å². The summed E-state index contributed by atoms with van der Waals surface area (Å²) in [6.07, 6.45) is -2.97. The zero-order valence-electron chi connectivity index (χ0n) is 20.0. The van der Waals surface area contributed by atoms with E-state index in [2.05, 4.69) is 9.94 Å². The van der Waals surface area contributed by atoms with E-state index in [0.717, 1.165) is 26.8 Å². The summed E-state index contributed by atoms with van der Waals surface area (Å²) in [4.78, 5) is 30.0. The maximum atomic E-state index is 13.5. The first-order valence-electron chi connectivity index (χ1n) is 11.0. The van der Waals surface area contributed by atoms with Crippen LogP contribution in [0.3, 0.4) is 0 Å². The number of rotatable bonds is 4. The zero-order chi connectivity index (χ0) is 26.4. The molecule has 0 aliphatic heterocycles. The standard InChI is InChI=1S/C26H22F3N5O2/c1-15(2)21-14-31-34(19-11-9-18(30-4)10-12-19)23(21)22-16(3)33(25(36)32(5)24(22)35)20-8-6-7-17(13-20)26(27,28)29/h6-15H,1-3,5H3. The number of hydrogen-bond donors (Lipinski definition) is 0. The SMILES string of the molecule is [C-]#[N+]c1ccc(-n2ncc(C(C)C)c2-c2c(C)n(-c3cccc(C(F)(F)F)c3)c(=O)n(C)c2=O)cc1. The minimum Gasteiger partial charge on any atom is -0.268 e. The summed E-state index contributed by atoms with van der Waals surface area (Å²) in [5.74, 6) is -0.0608. The molecule has 0 amide bonds. The summed E-state index contributed by atoms with van der Waals surface area (Å²) in [6.45, 7) is 12.6. The molecule has 0 aliphatic rings. The van der Waals surface area contributed by atoms with Gasteiger partial charge in [-0.25, -0.2) is 14.3 Å². The first-order valence-corrected chi connectivity index (χ1v) is 11.0. The molecular weight excluding hydrogens is 471 g/mol. The van der Waals surface area contributed by atoms with Gasteiger partial charge in [-0.15, -0.1) is 0 Å². The van der Waals surface area contributed by atoms with Crippen molar-refractivity contribution in [2.45, 2.75) is 32.9 Å². The predicted molar refractivity (Wildman–Crippen MR) is 130 cm³/mol. The molecule has 184 valence electrons. The lowest BCUT2D eigenvalue weighted by Gasteiger charge is -2.19. The third kappa shape index (κ3) is 4.13. The summed E-state index contributed by atoms with van der Waals surface area (Å²) in [5.41, 5.74) is 0.217. The smallest absolute Gasteiger partial charge is 0.268 e. The van der Waals surface area contributed by atoms with E-state index in [4.69, 9.17) is 6.57 Å². The molecule has 4 aromatic rings. The van der Waals surface area contributed by atoms with Crippen LogP contribution in [0.1, 0.15) is 36.6 Å². The average molecular weight is 493 g/mol. The molecule has 0 unspecified atom stereocenters. The van der Waals surface area contributed by atoms with Crippen molar-refractivity contribution in [3.05, 3.63) is 104 Å². The van der Waals surface area contributed by atoms with Crippen LogP contribution >= 0.6 is 0 Å². The molecule has 0 atom stereocenters. The highest BCUT2D eigenvalue weighted by atomic mass is 19.4. The van der Waals surface area contributed by atoms with E-state index in [1.165, 1.54) is 26.1 Å². The van der Waals surface area contributed by atoms with Crippen LogP contribution in [0.4, 0.5) is 18.9 Å². The fraction of sp³-hybridized carbons (Fsp3) is 0.231. The van der Waals surface area contributed by atoms with Gasteiger partial charge in [0.25, 0.3) is 5.56 Å². The van der Waals surface area contributed by atoms with Crippen LogP contribution < -0.4 is 11.2 Å². The molecule has 10 heteroatoms. The Labute approximate surface area is 204 Å². The van der Waals surface area contributed by atoms with Gasteiger partial charge in [0.15, 0.2) is 5.69 Å². The molecule has 7 nitrogen and oxygen atoms in total. The Kier molecular flexibility index (Phi) is 6.18. The molecule has 36 heavy (non-hydrogen) atoms. The van der Waals surface area contributed by atoms with E-state index >= 15 is 0 Å². The predicted octanol–water partition coefficient (Wildman–Crippen LogP) is 5.39. The highest BCUT2D eigenvalue weighted by Gasteiger charge is 2.31. The number of alkyl halides is 3. The van der Waals surface area contributed by atoms with E-state index in [1.54, 1.807) is 35.1 Å². The molecule has 4 rings (SSSR count). The van der Waals surface area contributed by atoms with Crippen molar-refractivity contribution in [3.8, 4) is 22.6 Å². The highest BCUT2D eigenvalue weighted by molar-refractivity contribution is 5.69. The summed E-state index contributed by atoms with van der Waals surface area (Å²) in [5, 5.41) is 4.48. The molecule has 2 heterocycles. The van der Waals surface area contributed by atoms with Gasteiger partial charge >= 0.3 is 11.9 Å². The summed E-state index contributed by atoms with van der Waals surface area (Å²) >= 11 is 0. The van der Waals surface area contributed by atoms with Crippen molar-refractivity contribution >= 4 is 5.69 Å². The third-order valence-electron chi connectivity index (χ3n) is 6.01. The quantitative estimate of drug-likeness (QED) is 0.358. The Morgan fingerprint density at radius 2 is 1.69 bits per heavy atom. The average Bonchev–Trinajstić information content (AvgIpc) is 3.27. The molecule has 0 bridgehead atoms. The monoisotopic (exact) mass is 493 g/mol. The van der Waals surface area contributed by atoms with Gasteiger partial charge in [-0.05, 0) is 43.2 Å². The summed E-state index contributed by atoms with van der Waals surface area (Å²) in [7, 11) is 1.29. The van der Waals surface area contributed by atoms with Gasteiger partial charge in [-0.3, -0.25) is 13.9 Å². The molecule has 2 aromatic carbocycles. The molecule has 2 aromatic heterocycles. The number of nitrogens with zero attached hydrogens (tertiary/aromatic N) is 5. The first kappa shape index (κ1) is 24.7. The van der Waals surface area contributed by atoms with Crippen LogP contribution in [-0.4, -0.2) is 18.9 Å². The van der Waals surface area contributed by atoms with E-state index in [-0.39, 0.29) is 22.9 Å². The van der Waals surface area contributed by atoms with Crippen molar-refractivity contribution in [3.63, 3.8) is 0 Å². The van der Waals surface area contributed by atoms with Gasteiger partial charge in [0.2, 0.25) is 0 Å². The van der Waals surface area contributed by atoms with Gasteiger partial charge in [0.05, 0.1) is 41.0 Å². The number of hydrogen-bond acceptors (Lipinski definition) is 3. The van der Waals surface area contributed by atoms with E-state index in [1.807, 2.05) is 13.8 Å². The van der Waals surface area contributed by atoms with Crippen LogP contribution in [-0.2, 0) is 13.2 Å². The van der Waals surface area contributed by atoms with Crippen molar-refractivity contribution in [1.29, 1.82) is 0 Å². The lowest BCUT2D eigenvalue weighted by molar-refractivity contribution is -0.137. The second-order valence-electron chi connectivity index (χ2n) is 8.63. The lowest BCUT2D eigenvalue weighted by atomic mass is 9.99. The van der Waals surface area contributed by atoms with Crippen molar-refractivity contribution in [2.24, 2.45) is 7.05 Å². The normalized spacial score (nSPS) is 11.6. The Morgan fingerprint density at radius 1 is 1.03 bits per heavy atom. The zero-order valence-corrected chi connectivity index (χ0v) is 20.0. The van der Waals surface area contributed by atoms with Crippen molar-refractivity contribution < 1.29 is 13.2 Å². The topological polar surface area (TPSA) is 66.2 Å². The van der Waals surface area contributed by atoms with E-state index < -0.39 is 23.0 Å². The van der Waals surface area contributed by atoms with Gasteiger partial charge in [0.1, 0.15) is 0 Å². The minimum atomic E-state index is -4.60. The maximum absolute atomic E-state index is 13.5. The molecule has 0 N–H and O–H groups in total. The molecule has 0 aliphatic carbocycles. The van der Waals surface area contributed by atoms with Crippen LogP contribution in [0.5, 0.6) is 0 Å². The second-order valence-corrected chi connectivity index (χ2v) is 8.63. The Hall–Kier alpha value is -4.39. The Morgan fingerprint density at radius 3 is 2.28 bits per heavy atom. The van der Waals surface area contributed by atoms with E-state index in [9.17, 15) is 22.8 Å². The first-order chi connectivity index (χ1) is 17.0. The molecular formula is C26H22F3N5O2. The van der Waals surface area contributed by atoms with Crippen LogP contribution in [0.15, 0.2) is 64.3 Å². The lowest BCUT2D eigenvalue weighted by Crippen LogP contribution is -2.40. The largest absolute Gasteiger partial charge is 0.416 e. The number of benzene rings is 2. The van der Waals surface area contributed by atoms with Crippen LogP contribution in [0.2, 0.25) is 0 Å². The fourth-order valence-electron chi connectivity index (χ4n) is 4.11. The molecule has 0 saturated carbocycles. The van der Waals surface area contributed by atoms with Gasteiger partial charge < -0.3 is 0 Å². The van der Waals surface area contributed by atoms with Crippen molar-refractivity contribution in [1.82, 2.24) is 18.9 Å². The van der Waals surface area contributed by atoms with Crippen LogP contribution in [0.25, 0.3) is 27.5 Å². The Balaban J connectivity index is 2.07. The Bertz CT molecular complexity index is 1620. The highest BCUT2D eigenvalue weighted by Crippen LogP contribution is 2.33.